The van der Waals surface area contributed by atoms with E-state index in [2.05, 4.69) is 36.7 Å². The van der Waals surface area contributed by atoms with Crippen LogP contribution in [0.25, 0.3) is 0 Å². The Kier molecular flexibility index (Phi) is 8.48. The van der Waals surface area contributed by atoms with Crippen LogP contribution in [0.15, 0.2) is 60.7 Å². The lowest BCUT2D eigenvalue weighted by Crippen LogP contribution is -2.52. The average molecular weight is 384 g/mol. The Morgan fingerprint density at radius 1 is 0.964 bits per heavy atom. The van der Waals surface area contributed by atoms with E-state index in [0.717, 1.165) is 17.7 Å². The Hall–Kier alpha value is -2.37. The Balaban J connectivity index is 1.93. The first-order chi connectivity index (χ1) is 13.3. The number of rotatable bonds is 9. The molecule has 0 radical (unpaired) electrons. The first-order valence-corrected chi connectivity index (χ1v) is 9.84. The molecule has 0 spiro atoms. The SMILES string of the molecule is CC(C)(C)CNCC(O)C(Cc1ccccc1)NC(=O)NCc1ccccc1. The van der Waals surface area contributed by atoms with Gasteiger partial charge in [0, 0.05) is 19.6 Å². The van der Waals surface area contributed by atoms with Gasteiger partial charge in [-0.15, -0.1) is 0 Å². The van der Waals surface area contributed by atoms with Crippen molar-refractivity contribution in [1.82, 2.24) is 16.0 Å². The minimum Gasteiger partial charge on any atom is -0.390 e. The predicted molar refractivity (Wildman–Crippen MR) is 114 cm³/mol. The fourth-order valence-corrected chi connectivity index (χ4v) is 2.89. The van der Waals surface area contributed by atoms with Crippen LogP contribution in [-0.4, -0.2) is 36.4 Å². The second-order valence-electron chi connectivity index (χ2n) is 8.37. The van der Waals surface area contributed by atoms with E-state index >= 15 is 0 Å². The summed E-state index contributed by atoms with van der Waals surface area (Å²) in [5.74, 6) is 0. The molecule has 0 saturated heterocycles. The number of hydrogen-bond donors (Lipinski definition) is 4. The van der Waals surface area contributed by atoms with E-state index in [1.807, 2.05) is 60.7 Å². The first kappa shape index (κ1) is 21.9. The third-order valence-corrected chi connectivity index (χ3v) is 4.38. The van der Waals surface area contributed by atoms with Crippen LogP contribution < -0.4 is 16.0 Å². The summed E-state index contributed by atoms with van der Waals surface area (Å²) in [5.41, 5.74) is 2.24. The van der Waals surface area contributed by atoms with E-state index in [1.165, 1.54) is 0 Å². The van der Waals surface area contributed by atoms with E-state index in [0.29, 0.717) is 19.5 Å². The Morgan fingerprint density at radius 3 is 2.11 bits per heavy atom. The number of benzene rings is 2. The molecule has 0 aromatic heterocycles. The van der Waals surface area contributed by atoms with Crippen LogP contribution in [-0.2, 0) is 13.0 Å². The number of aliphatic hydroxyl groups is 1. The van der Waals surface area contributed by atoms with Gasteiger partial charge in [0.15, 0.2) is 0 Å². The van der Waals surface area contributed by atoms with Crippen molar-refractivity contribution in [3.63, 3.8) is 0 Å². The zero-order valence-corrected chi connectivity index (χ0v) is 17.1. The predicted octanol–water partition coefficient (Wildman–Crippen LogP) is 3.09. The van der Waals surface area contributed by atoms with Gasteiger partial charge in [0.1, 0.15) is 0 Å². The molecule has 28 heavy (non-hydrogen) atoms. The van der Waals surface area contributed by atoms with Gasteiger partial charge in [-0.1, -0.05) is 81.4 Å². The van der Waals surface area contributed by atoms with Gasteiger partial charge in [0.05, 0.1) is 12.1 Å². The average Bonchev–Trinajstić information content (AvgIpc) is 2.66. The molecule has 2 rings (SSSR count). The first-order valence-electron chi connectivity index (χ1n) is 9.84. The Morgan fingerprint density at radius 2 is 1.54 bits per heavy atom. The molecule has 0 saturated carbocycles. The summed E-state index contributed by atoms with van der Waals surface area (Å²) in [5, 5.41) is 19.8. The lowest BCUT2D eigenvalue weighted by Gasteiger charge is -2.26. The minimum atomic E-state index is -0.690. The quantitative estimate of drug-likeness (QED) is 0.538. The van der Waals surface area contributed by atoms with Crippen LogP contribution in [0.4, 0.5) is 4.79 Å². The van der Waals surface area contributed by atoms with Crippen LogP contribution in [0.2, 0.25) is 0 Å². The van der Waals surface area contributed by atoms with Gasteiger partial charge < -0.3 is 21.1 Å². The van der Waals surface area contributed by atoms with Crippen molar-refractivity contribution >= 4 is 6.03 Å². The molecule has 152 valence electrons. The van der Waals surface area contributed by atoms with Gasteiger partial charge in [-0.25, -0.2) is 4.79 Å². The summed E-state index contributed by atoms with van der Waals surface area (Å²) in [6.45, 7) is 8.09. The van der Waals surface area contributed by atoms with E-state index < -0.39 is 6.10 Å². The summed E-state index contributed by atoms with van der Waals surface area (Å²) < 4.78 is 0. The van der Waals surface area contributed by atoms with Crippen molar-refractivity contribution < 1.29 is 9.90 Å². The van der Waals surface area contributed by atoms with Crippen LogP contribution in [0.1, 0.15) is 31.9 Å². The number of nitrogens with one attached hydrogen (secondary N) is 3. The van der Waals surface area contributed by atoms with Crippen molar-refractivity contribution in [2.24, 2.45) is 5.41 Å². The molecule has 2 unspecified atom stereocenters. The Bertz CT molecular complexity index is 699. The largest absolute Gasteiger partial charge is 0.390 e. The van der Waals surface area contributed by atoms with E-state index in [-0.39, 0.29) is 17.5 Å². The standard InChI is InChI=1S/C23H33N3O2/c1-23(2,3)17-24-16-21(27)20(14-18-10-6-4-7-11-18)26-22(28)25-15-19-12-8-5-9-13-19/h4-13,20-21,24,27H,14-17H2,1-3H3,(H2,25,26,28). The molecule has 0 aliphatic heterocycles. The number of hydrogen-bond acceptors (Lipinski definition) is 3. The van der Waals surface area contributed by atoms with Crippen LogP contribution in [0.5, 0.6) is 0 Å². The lowest BCUT2D eigenvalue weighted by molar-refractivity contribution is 0.123. The van der Waals surface area contributed by atoms with Crippen molar-refractivity contribution in [1.29, 1.82) is 0 Å². The zero-order chi connectivity index (χ0) is 20.4. The van der Waals surface area contributed by atoms with Gasteiger partial charge in [0.25, 0.3) is 0 Å². The molecule has 2 aromatic rings. The molecular weight excluding hydrogens is 350 g/mol. The van der Waals surface area contributed by atoms with Gasteiger partial charge in [-0.05, 0) is 23.0 Å². The third kappa shape index (κ3) is 8.55. The number of aliphatic hydroxyl groups excluding tert-OH is 1. The highest BCUT2D eigenvalue weighted by Gasteiger charge is 2.22. The van der Waals surface area contributed by atoms with Gasteiger partial charge in [0.2, 0.25) is 0 Å². The van der Waals surface area contributed by atoms with Crippen LogP contribution >= 0.6 is 0 Å². The molecule has 0 aliphatic carbocycles. The van der Waals surface area contributed by atoms with Crippen LogP contribution in [0.3, 0.4) is 0 Å². The minimum absolute atomic E-state index is 0.134. The molecule has 0 bridgehead atoms. The summed E-state index contributed by atoms with van der Waals surface area (Å²) in [6.07, 6.45) is -0.122. The van der Waals surface area contributed by atoms with Crippen LogP contribution in [0, 0.1) is 5.41 Å². The summed E-state index contributed by atoms with van der Waals surface area (Å²) in [6, 6.07) is 19.0. The van der Waals surface area contributed by atoms with Gasteiger partial charge >= 0.3 is 6.03 Å². The maximum absolute atomic E-state index is 12.4. The highest BCUT2D eigenvalue weighted by molar-refractivity contribution is 5.74. The third-order valence-electron chi connectivity index (χ3n) is 4.38. The molecule has 5 heteroatoms. The highest BCUT2D eigenvalue weighted by Crippen LogP contribution is 2.11. The van der Waals surface area contributed by atoms with Gasteiger partial charge in [-0.3, -0.25) is 0 Å². The number of urea groups is 1. The van der Waals surface area contributed by atoms with E-state index in [9.17, 15) is 9.90 Å². The van der Waals surface area contributed by atoms with E-state index in [4.69, 9.17) is 0 Å². The maximum Gasteiger partial charge on any atom is 0.315 e. The molecule has 4 N–H and O–H groups in total. The van der Waals surface area contributed by atoms with E-state index in [1.54, 1.807) is 0 Å². The fraction of sp³-hybridized carbons (Fsp3) is 0.435. The topological polar surface area (TPSA) is 73.4 Å². The zero-order valence-electron chi connectivity index (χ0n) is 17.1. The fourth-order valence-electron chi connectivity index (χ4n) is 2.89. The second kappa shape index (κ2) is 10.8. The molecule has 5 nitrogen and oxygen atoms in total. The molecule has 0 aliphatic rings. The molecule has 2 amide bonds. The smallest absolute Gasteiger partial charge is 0.315 e. The molecule has 0 heterocycles. The molecule has 0 fully saturated rings. The van der Waals surface area contributed by atoms with Crippen molar-refractivity contribution in [3.8, 4) is 0 Å². The molecule has 2 aromatic carbocycles. The highest BCUT2D eigenvalue weighted by atomic mass is 16.3. The summed E-state index contributed by atoms with van der Waals surface area (Å²) in [7, 11) is 0. The number of amides is 2. The maximum atomic E-state index is 12.4. The van der Waals surface area contributed by atoms with Gasteiger partial charge in [-0.2, -0.15) is 0 Å². The van der Waals surface area contributed by atoms with Crippen molar-refractivity contribution in [2.75, 3.05) is 13.1 Å². The van der Waals surface area contributed by atoms with Crippen molar-refractivity contribution in [2.45, 2.75) is 45.9 Å². The number of carbonyl (C=O) groups is 1. The van der Waals surface area contributed by atoms with Crippen molar-refractivity contribution in [3.05, 3.63) is 71.8 Å². The summed E-state index contributed by atoms with van der Waals surface area (Å²) >= 11 is 0. The monoisotopic (exact) mass is 383 g/mol. The summed E-state index contributed by atoms with van der Waals surface area (Å²) in [4.78, 5) is 12.4. The molecular formula is C23H33N3O2. The molecule has 2 atom stereocenters. The second-order valence-corrected chi connectivity index (χ2v) is 8.37. The number of carbonyl (C=O) groups excluding carboxylic acids is 1. The lowest BCUT2D eigenvalue weighted by atomic mass is 9.96. The normalized spacial score (nSPS) is 13.6. The Labute approximate surface area is 168 Å².